The highest BCUT2D eigenvalue weighted by atomic mass is 35.5. The van der Waals surface area contributed by atoms with Crippen molar-refractivity contribution in [3.63, 3.8) is 0 Å². The number of benzene rings is 2. The Bertz CT molecular complexity index is 1450. The average Bonchev–Trinajstić information content (AvgIpc) is 3.32. The first-order chi connectivity index (χ1) is 15.5. The van der Waals surface area contributed by atoms with E-state index >= 15 is 0 Å². The van der Waals surface area contributed by atoms with Gasteiger partial charge >= 0.3 is 0 Å². The molecule has 0 N–H and O–H groups in total. The summed E-state index contributed by atoms with van der Waals surface area (Å²) in [6.45, 7) is 4.13. The first-order valence-corrected chi connectivity index (χ1v) is 10.3. The summed E-state index contributed by atoms with van der Waals surface area (Å²) in [4.78, 5) is 14.6. The van der Waals surface area contributed by atoms with Gasteiger partial charge in [0.1, 0.15) is 12.1 Å². The van der Waals surface area contributed by atoms with Crippen molar-refractivity contribution in [3.05, 3.63) is 88.3 Å². The molecule has 0 bridgehead atoms. The van der Waals surface area contributed by atoms with Crippen molar-refractivity contribution in [2.45, 2.75) is 20.5 Å². The van der Waals surface area contributed by atoms with Gasteiger partial charge in [0.15, 0.2) is 23.7 Å². The van der Waals surface area contributed by atoms with E-state index in [1.165, 1.54) is 12.1 Å². The monoisotopic (exact) mass is 448 g/mol. The minimum atomic E-state index is -0.282. The van der Waals surface area contributed by atoms with E-state index in [2.05, 4.69) is 20.2 Å². The van der Waals surface area contributed by atoms with Crippen LogP contribution in [0.5, 0.6) is 0 Å². The molecule has 3 aromatic heterocycles. The van der Waals surface area contributed by atoms with Crippen molar-refractivity contribution < 1.29 is 9.23 Å². The van der Waals surface area contributed by atoms with Crippen LogP contribution in [-0.4, -0.2) is 30.4 Å². The van der Waals surface area contributed by atoms with E-state index in [-0.39, 0.29) is 12.4 Å². The van der Waals surface area contributed by atoms with Gasteiger partial charge < -0.3 is 4.84 Å². The minimum absolute atomic E-state index is 0.115. The first-order valence-electron chi connectivity index (χ1n) is 9.90. The molecule has 0 aliphatic carbocycles. The zero-order chi connectivity index (χ0) is 22.2. The molecule has 7 nitrogen and oxygen atoms in total. The summed E-state index contributed by atoms with van der Waals surface area (Å²) >= 11 is 5.88. The second-order valence-electron chi connectivity index (χ2n) is 7.32. The molecule has 0 saturated heterocycles. The van der Waals surface area contributed by atoms with Gasteiger partial charge in [-0.3, -0.25) is 4.57 Å². The summed E-state index contributed by atoms with van der Waals surface area (Å²) in [5.41, 5.74) is 5.15. The summed E-state index contributed by atoms with van der Waals surface area (Å²) in [6, 6.07) is 13.6. The SMILES string of the molecule is Cc1c(C)n(-c2ccc(F)cc2)c2ncn3nc(CON=Cc4ccc(Cl)cc4)nc3c12. The fourth-order valence-electron chi connectivity index (χ4n) is 3.61. The number of oxime groups is 1. The highest BCUT2D eigenvalue weighted by Gasteiger charge is 2.19. The molecule has 2 aromatic carbocycles. The molecule has 0 spiro atoms. The Morgan fingerprint density at radius 1 is 1.06 bits per heavy atom. The molecule has 32 heavy (non-hydrogen) atoms. The van der Waals surface area contributed by atoms with Gasteiger partial charge in [-0.25, -0.2) is 18.9 Å². The van der Waals surface area contributed by atoms with Gasteiger partial charge in [0, 0.05) is 16.4 Å². The Kier molecular flexibility index (Phi) is 5.07. The Morgan fingerprint density at radius 3 is 2.56 bits per heavy atom. The zero-order valence-corrected chi connectivity index (χ0v) is 18.1. The number of hydrogen-bond acceptors (Lipinski definition) is 5. The third kappa shape index (κ3) is 3.58. The molecule has 3 heterocycles. The van der Waals surface area contributed by atoms with Crippen LogP contribution in [0.3, 0.4) is 0 Å². The Labute approximate surface area is 187 Å². The highest BCUT2D eigenvalue weighted by molar-refractivity contribution is 6.30. The molecule has 0 unspecified atom stereocenters. The van der Waals surface area contributed by atoms with E-state index in [4.69, 9.17) is 16.4 Å². The van der Waals surface area contributed by atoms with Gasteiger partial charge in [-0.2, -0.15) is 0 Å². The van der Waals surface area contributed by atoms with Crippen molar-refractivity contribution in [1.29, 1.82) is 0 Å². The maximum atomic E-state index is 13.4. The van der Waals surface area contributed by atoms with Gasteiger partial charge in [-0.1, -0.05) is 28.9 Å². The number of halogens is 2. The number of aromatic nitrogens is 5. The van der Waals surface area contributed by atoms with Crippen LogP contribution >= 0.6 is 11.6 Å². The topological polar surface area (TPSA) is 69.6 Å². The van der Waals surface area contributed by atoms with Crippen LogP contribution in [0.25, 0.3) is 22.4 Å². The molecular formula is C23H18ClFN6O. The number of aryl methyl sites for hydroxylation is 1. The highest BCUT2D eigenvalue weighted by Crippen LogP contribution is 2.29. The second-order valence-corrected chi connectivity index (χ2v) is 7.76. The summed E-state index contributed by atoms with van der Waals surface area (Å²) in [5.74, 6) is 0.204. The average molecular weight is 449 g/mol. The molecule has 0 radical (unpaired) electrons. The minimum Gasteiger partial charge on any atom is -0.387 e. The lowest BCUT2D eigenvalue weighted by Gasteiger charge is -2.07. The number of rotatable bonds is 5. The zero-order valence-electron chi connectivity index (χ0n) is 17.3. The van der Waals surface area contributed by atoms with Gasteiger partial charge in [-0.05, 0) is 61.4 Å². The van der Waals surface area contributed by atoms with Gasteiger partial charge in [0.2, 0.25) is 0 Å². The van der Waals surface area contributed by atoms with Crippen LogP contribution < -0.4 is 0 Å². The Morgan fingerprint density at radius 2 is 1.81 bits per heavy atom. The van der Waals surface area contributed by atoms with E-state index in [9.17, 15) is 4.39 Å². The lowest BCUT2D eigenvalue weighted by atomic mass is 10.2. The maximum Gasteiger partial charge on any atom is 0.192 e. The third-order valence-corrected chi connectivity index (χ3v) is 5.55. The Balaban J connectivity index is 1.46. The maximum absolute atomic E-state index is 13.4. The molecule has 5 aromatic rings. The summed E-state index contributed by atoms with van der Waals surface area (Å²) in [5, 5.41) is 9.97. The first kappa shape index (κ1) is 20.1. The molecule has 9 heteroatoms. The van der Waals surface area contributed by atoms with E-state index in [0.717, 1.165) is 33.5 Å². The van der Waals surface area contributed by atoms with Crippen molar-refractivity contribution in [2.75, 3.05) is 0 Å². The molecular weight excluding hydrogens is 431 g/mol. The molecule has 0 aliphatic heterocycles. The van der Waals surface area contributed by atoms with Crippen LogP contribution in [0.1, 0.15) is 22.6 Å². The van der Waals surface area contributed by atoms with E-state index in [1.807, 2.05) is 30.5 Å². The number of fused-ring (bicyclic) bond motifs is 3. The summed E-state index contributed by atoms with van der Waals surface area (Å²) in [6.07, 6.45) is 3.21. The number of nitrogens with zero attached hydrogens (tertiary/aromatic N) is 6. The smallest absolute Gasteiger partial charge is 0.192 e. The summed E-state index contributed by atoms with van der Waals surface area (Å²) in [7, 11) is 0. The molecule has 5 rings (SSSR count). The van der Waals surface area contributed by atoms with Crippen LogP contribution in [0, 0.1) is 19.7 Å². The lowest BCUT2D eigenvalue weighted by Crippen LogP contribution is -1.99. The normalized spacial score (nSPS) is 11.8. The van der Waals surface area contributed by atoms with Crippen LogP contribution in [0.15, 0.2) is 60.0 Å². The molecule has 160 valence electrons. The third-order valence-electron chi connectivity index (χ3n) is 5.30. The standard InChI is InChI=1S/C23H18ClFN6O/c1-14-15(2)31(19-9-7-18(25)8-10-19)22-21(14)23-28-20(29-30(23)13-26-22)12-32-27-11-16-3-5-17(24)6-4-16/h3-11,13H,12H2,1-2H3. The molecule has 0 amide bonds. The quantitative estimate of drug-likeness (QED) is 0.279. The van der Waals surface area contributed by atoms with Gasteiger partial charge in [0.05, 0.1) is 11.6 Å². The van der Waals surface area contributed by atoms with Crippen molar-refractivity contribution >= 4 is 34.5 Å². The van der Waals surface area contributed by atoms with Crippen LogP contribution in [0.2, 0.25) is 5.02 Å². The van der Waals surface area contributed by atoms with Crippen molar-refractivity contribution in [3.8, 4) is 5.69 Å². The molecule has 0 saturated carbocycles. The number of hydrogen-bond donors (Lipinski definition) is 0. The lowest BCUT2D eigenvalue weighted by molar-refractivity contribution is 0.126. The largest absolute Gasteiger partial charge is 0.387 e. The van der Waals surface area contributed by atoms with Gasteiger partial charge in [0.25, 0.3) is 0 Å². The van der Waals surface area contributed by atoms with Crippen molar-refractivity contribution in [1.82, 2.24) is 24.1 Å². The molecule has 0 atom stereocenters. The second kappa shape index (κ2) is 8.05. The van der Waals surface area contributed by atoms with Crippen LogP contribution in [-0.2, 0) is 11.4 Å². The summed E-state index contributed by atoms with van der Waals surface area (Å²) < 4.78 is 17.0. The molecule has 0 aliphatic rings. The van der Waals surface area contributed by atoms with Crippen LogP contribution in [0.4, 0.5) is 4.39 Å². The molecule has 0 fully saturated rings. The van der Waals surface area contributed by atoms with Crippen molar-refractivity contribution in [2.24, 2.45) is 5.16 Å². The Hall–Kier alpha value is -3.78. The predicted molar refractivity (Wildman–Crippen MR) is 121 cm³/mol. The van der Waals surface area contributed by atoms with E-state index in [1.54, 1.807) is 41.3 Å². The predicted octanol–water partition coefficient (Wildman–Crippen LogP) is 5.03. The fraction of sp³-hybridized carbons (Fsp3) is 0.130. The fourth-order valence-corrected chi connectivity index (χ4v) is 3.74. The van der Waals surface area contributed by atoms with E-state index < -0.39 is 0 Å². The van der Waals surface area contributed by atoms with E-state index in [0.29, 0.717) is 16.5 Å². The van der Waals surface area contributed by atoms with Gasteiger partial charge in [-0.15, -0.1) is 5.10 Å².